The molecule has 1 aromatic carbocycles. The lowest BCUT2D eigenvalue weighted by molar-refractivity contribution is -0.123. The van der Waals surface area contributed by atoms with E-state index in [1.54, 1.807) is 18.3 Å². The molecule has 0 bridgehead atoms. The zero-order valence-electron chi connectivity index (χ0n) is 13.3. The number of hydrazine groups is 1. The minimum atomic E-state index is -3.71. The summed E-state index contributed by atoms with van der Waals surface area (Å²) < 4.78 is 22.4. The van der Waals surface area contributed by atoms with Crippen molar-refractivity contribution < 1.29 is 13.2 Å². The largest absolute Gasteiger partial charge is 0.351 e. The maximum atomic E-state index is 12.3. The number of sulfonamides is 1. The van der Waals surface area contributed by atoms with Crippen molar-refractivity contribution in [2.24, 2.45) is 5.14 Å². The number of benzene rings is 1. The number of nitrogens with one attached hydrogen (secondary N) is 3. The van der Waals surface area contributed by atoms with E-state index in [1.807, 2.05) is 18.2 Å². The second-order valence-corrected chi connectivity index (χ2v) is 7.35. The molecule has 9 heteroatoms. The Morgan fingerprint density at radius 1 is 1.20 bits per heavy atom. The van der Waals surface area contributed by atoms with Gasteiger partial charge in [-0.3, -0.25) is 9.78 Å². The molecular weight excluding hydrogens is 342 g/mol. The van der Waals surface area contributed by atoms with E-state index in [0.29, 0.717) is 13.0 Å². The van der Waals surface area contributed by atoms with Crippen LogP contribution in [0.4, 0.5) is 0 Å². The van der Waals surface area contributed by atoms with E-state index in [9.17, 15) is 13.2 Å². The van der Waals surface area contributed by atoms with Gasteiger partial charge in [0.05, 0.1) is 16.6 Å². The summed E-state index contributed by atoms with van der Waals surface area (Å²) in [5.41, 5.74) is 7.71. The van der Waals surface area contributed by atoms with Crippen LogP contribution < -0.4 is 21.3 Å². The molecule has 0 radical (unpaired) electrons. The number of rotatable bonds is 5. The quantitative estimate of drug-likeness (QED) is 0.592. The fraction of sp³-hybridized carbons (Fsp3) is 0.250. The van der Waals surface area contributed by atoms with Gasteiger partial charge in [0.1, 0.15) is 6.04 Å². The van der Waals surface area contributed by atoms with E-state index in [2.05, 4.69) is 21.2 Å². The standard InChI is InChI=1S/C16H19N5O3S/c17-25(23,24)12-6-4-11(5-7-12)10-19-16(22)15-9-14(20-21-15)13-3-1-2-8-18-13/h1-8,14-15,20-21H,9-10H2,(H,19,22)(H2,17,23,24). The maximum Gasteiger partial charge on any atom is 0.238 e. The lowest BCUT2D eigenvalue weighted by Gasteiger charge is -2.11. The number of aromatic nitrogens is 1. The Morgan fingerprint density at radius 2 is 1.96 bits per heavy atom. The van der Waals surface area contributed by atoms with Crippen LogP contribution in [0, 0.1) is 0 Å². The Kier molecular flexibility index (Phi) is 5.09. The molecule has 25 heavy (non-hydrogen) atoms. The number of amides is 1. The topological polar surface area (TPSA) is 126 Å². The summed E-state index contributed by atoms with van der Waals surface area (Å²) >= 11 is 0. The predicted molar refractivity (Wildman–Crippen MR) is 91.3 cm³/mol. The maximum absolute atomic E-state index is 12.3. The van der Waals surface area contributed by atoms with Gasteiger partial charge in [0, 0.05) is 12.7 Å². The molecule has 1 amide bonds. The van der Waals surface area contributed by atoms with Crippen LogP contribution in [0.1, 0.15) is 23.7 Å². The van der Waals surface area contributed by atoms with Crippen molar-refractivity contribution in [3.05, 3.63) is 59.9 Å². The second-order valence-electron chi connectivity index (χ2n) is 5.79. The van der Waals surface area contributed by atoms with Gasteiger partial charge in [0.2, 0.25) is 15.9 Å². The van der Waals surface area contributed by atoms with Gasteiger partial charge in [-0.25, -0.2) is 24.4 Å². The number of carbonyl (C=O) groups excluding carboxylic acids is 1. The summed E-state index contributed by atoms with van der Waals surface area (Å²) in [6.45, 7) is 0.302. The van der Waals surface area contributed by atoms with Gasteiger partial charge in [-0.05, 0) is 36.2 Å². The van der Waals surface area contributed by atoms with Crippen LogP contribution in [-0.2, 0) is 21.4 Å². The molecule has 2 atom stereocenters. The molecular formula is C16H19N5O3S. The van der Waals surface area contributed by atoms with Crippen LogP contribution in [0.25, 0.3) is 0 Å². The average molecular weight is 361 g/mol. The van der Waals surface area contributed by atoms with Gasteiger partial charge in [-0.1, -0.05) is 18.2 Å². The zero-order chi connectivity index (χ0) is 17.9. The highest BCUT2D eigenvalue weighted by Gasteiger charge is 2.30. The fourth-order valence-electron chi connectivity index (χ4n) is 2.61. The SMILES string of the molecule is NS(=O)(=O)c1ccc(CNC(=O)C2CC(c3ccccn3)NN2)cc1. The normalized spacial score (nSPS) is 20.4. The number of primary sulfonamides is 1. The van der Waals surface area contributed by atoms with Crippen LogP contribution in [0.2, 0.25) is 0 Å². The number of hydrogen-bond donors (Lipinski definition) is 4. The number of pyridine rings is 1. The lowest BCUT2D eigenvalue weighted by Crippen LogP contribution is -2.42. The fourth-order valence-corrected chi connectivity index (χ4v) is 3.13. The highest BCUT2D eigenvalue weighted by molar-refractivity contribution is 7.89. The van der Waals surface area contributed by atoms with E-state index in [1.165, 1.54) is 12.1 Å². The molecule has 2 aromatic rings. The third-order valence-electron chi connectivity index (χ3n) is 3.98. The molecule has 0 saturated carbocycles. The van der Waals surface area contributed by atoms with Crippen molar-refractivity contribution in [3.8, 4) is 0 Å². The second kappa shape index (κ2) is 7.28. The first kappa shape index (κ1) is 17.5. The minimum absolute atomic E-state index is 0.0222. The van der Waals surface area contributed by atoms with Gasteiger partial charge in [-0.2, -0.15) is 0 Å². The van der Waals surface area contributed by atoms with E-state index >= 15 is 0 Å². The molecule has 1 aliphatic rings. The molecule has 1 saturated heterocycles. The number of nitrogens with two attached hydrogens (primary N) is 1. The summed E-state index contributed by atoms with van der Waals surface area (Å²) in [4.78, 5) is 16.6. The number of nitrogens with zero attached hydrogens (tertiary/aromatic N) is 1. The number of carbonyl (C=O) groups is 1. The molecule has 132 valence electrons. The molecule has 5 N–H and O–H groups in total. The van der Waals surface area contributed by atoms with Gasteiger partial charge >= 0.3 is 0 Å². The first-order valence-electron chi connectivity index (χ1n) is 7.75. The molecule has 8 nitrogen and oxygen atoms in total. The van der Waals surface area contributed by atoms with Crippen LogP contribution in [0.5, 0.6) is 0 Å². The number of hydrogen-bond acceptors (Lipinski definition) is 6. The molecule has 3 rings (SSSR count). The van der Waals surface area contributed by atoms with E-state index in [4.69, 9.17) is 5.14 Å². The highest BCUT2D eigenvalue weighted by Crippen LogP contribution is 2.20. The monoisotopic (exact) mass is 361 g/mol. The minimum Gasteiger partial charge on any atom is -0.351 e. The van der Waals surface area contributed by atoms with Crippen molar-refractivity contribution in [1.29, 1.82) is 0 Å². The Bertz CT molecular complexity index is 840. The molecule has 2 heterocycles. The van der Waals surface area contributed by atoms with E-state index in [0.717, 1.165) is 11.3 Å². The molecule has 1 aromatic heterocycles. The Morgan fingerprint density at radius 3 is 2.60 bits per heavy atom. The third-order valence-corrected chi connectivity index (χ3v) is 4.91. The zero-order valence-corrected chi connectivity index (χ0v) is 14.2. The molecule has 0 spiro atoms. The third kappa shape index (κ3) is 4.40. The van der Waals surface area contributed by atoms with Crippen LogP contribution >= 0.6 is 0 Å². The average Bonchev–Trinajstić information content (AvgIpc) is 3.10. The van der Waals surface area contributed by atoms with Crippen LogP contribution in [0.15, 0.2) is 53.6 Å². The smallest absolute Gasteiger partial charge is 0.238 e. The summed E-state index contributed by atoms with van der Waals surface area (Å²) in [6.07, 6.45) is 2.31. The summed E-state index contributed by atoms with van der Waals surface area (Å²) in [5, 5.41) is 7.88. The molecule has 1 fully saturated rings. The van der Waals surface area contributed by atoms with Crippen molar-refractivity contribution in [1.82, 2.24) is 21.2 Å². The van der Waals surface area contributed by atoms with Crippen molar-refractivity contribution in [2.75, 3.05) is 0 Å². The lowest BCUT2D eigenvalue weighted by atomic mass is 10.1. The molecule has 1 aliphatic heterocycles. The molecule has 0 aliphatic carbocycles. The summed E-state index contributed by atoms with van der Waals surface area (Å²) in [6, 6.07) is 11.4. The van der Waals surface area contributed by atoms with Gasteiger partial charge in [0.15, 0.2) is 0 Å². The van der Waals surface area contributed by atoms with E-state index in [-0.39, 0.29) is 22.9 Å². The highest BCUT2D eigenvalue weighted by atomic mass is 32.2. The Balaban J connectivity index is 1.53. The van der Waals surface area contributed by atoms with Crippen molar-refractivity contribution in [3.63, 3.8) is 0 Å². The summed E-state index contributed by atoms with van der Waals surface area (Å²) in [5.74, 6) is -0.138. The first-order chi connectivity index (χ1) is 11.9. The molecule has 2 unspecified atom stereocenters. The van der Waals surface area contributed by atoms with Crippen LogP contribution in [0.3, 0.4) is 0 Å². The van der Waals surface area contributed by atoms with Crippen molar-refractivity contribution >= 4 is 15.9 Å². The Labute approximate surface area is 145 Å². The Hall–Kier alpha value is -2.33. The van der Waals surface area contributed by atoms with Gasteiger partial charge in [-0.15, -0.1) is 0 Å². The van der Waals surface area contributed by atoms with Crippen molar-refractivity contribution in [2.45, 2.75) is 29.9 Å². The van der Waals surface area contributed by atoms with Crippen LogP contribution in [-0.4, -0.2) is 25.4 Å². The predicted octanol–water partition coefficient (Wildman–Crippen LogP) is -0.0470. The van der Waals surface area contributed by atoms with Gasteiger partial charge < -0.3 is 5.32 Å². The van der Waals surface area contributed by atoms with Gasteiger partial charge in [0.25, 0.3) is 0 Å². The first-order valence-corrected chi connectivity index (χ1v) is 9.29. The van der Waals surface area contributed by atoms with E-state index < -0.39 is 10.0 Å². The summed E-state index contributed by atoms with van der Waals surface area (Å²) in [7, 11) is -3.71.